The zero-order chi connectivity index (χ0) is 16.9. The quantitative estimate of drug-likeness (QED) is 0.820. The zero-order valence-electron chi connectivity index (χ0n) is 13.6. The molecule has 0 atom stereocenters. The van der Waals surface area contributed by atoms with E-state index in [1.54, 1.807) is 0 Å². The van der Waals surface area contributed by atoms with Gasteiger partial charge in [0.25, 0.3) is 11.8 Å². The molecular weight excluding hydrogens is 344 g/mol. The molecule has 0 radical (unpaired) electrons. The van der Waals surface area contributed by atoms with E-state index in [-0.39, 0.29) is 11.8 Å². The Kier molecular flexibility index (Phi) is 5.57. The van der Waals surface area contributed by atoms with Crippen LogP contribution in [-0.4, -0.2) is 21.4 Å². The Labute approximate surface area is 148 Å². The molecule has 1 aliphatic rings. The number of hydrogen-bond donors (Lipinski definition) is 2. The van der Waals surface area contributed by atoms with E-state index in [0.29, 0.717) is 21.9 Å². The van der Waals surface area contributed by atoms with Gasteiger partial charge in [0, 0.05) is 4.88 Å². The van der Waals surface area contributed by atoms with Gasteiger partial charge in [-0.1, -0.05) is 24.3 Å². The molecule has 2 aromatic heterocycles. The second-order valence-corrected chi connectivity index (χ2v) is 7.67. The van der Waals surface area contributed by atoms with Gasteiger partial charge in [-0.25, -0.2) is 0 Å². The average Bonchev–Trinajstić information content (AvgIpc) is 3.19. The third-order valence-electron chi connectivity index (χ3n) is 4.11. The Bertz CT molecular complexity index is 713. The van der Waals surface area contributed by atoms with Gasteiger partial charge in [0.15, 0.2) is 0 Å². The second-order valence-electron chi connectivity index (χ2n) is 5.78. The number of fused-ring (bicyclic) bond motifs is 1. The highest BCUT2D eigenvalue weighted by atomic mass is 32.1. The molecule has 0 bridgehead atoms. The summed E-state index contributed by atoms with van der Waals surface area (Å²) in [7, 11) is 0. The van der Waals surface area contributed by atoms with E-state index in [2.05, 4.69) is 20.4 Å². The molecule has 0 aliphatic heterocycles. The normalized spacial score (nSPS) is 14.4. The van der Waals surface area contributed by atoms with Crippen LogP contribution in [0.15, 0.2) is 6.07 Å². The molecule has 2 amide bonds. The Morgan fingerprint density at radius 1 is 1.12 bits per heavy atom. The lowest BCUT2D eigenvalue weighted by Crippen LogP contribution is -2.41. The molecule has 0 saturated heterocycles. The molecule has 2 N–H and O–H groups in total. The molecule has 0 saturated carbocycles. The summed E-state index contributed by atoms with van der Waals surface area (Å²) in [6, 6.07) is 1.97. The lowest BCUT2D eigenvalue weighted by Gasteiger charge is -2.07. The molecule has 1 aliphatic carbocycles. The van der Waals surface area contributed by atoms with Crippen molar-refractivity contribution in [3.05, 3.63) is 32.0 Å². The van der Waals surface area contributed by atoms with E-state index in [0.717, 1.165) is 24.4 Å². The third kappa shape index (κ3) is 3.81. The van der Waals surface area contributed by atoms with E-state index in [4.69, 9.17) is 0 Å². The fourth-order valence-corrected chi connectivity index (χ4v) is 4.59. The van der Waals surface area contributed by atoms with Crippen LogP contribution in [0, 0.1) is 0 Å². The smallest absolute Gasteiger partial charge is 0.266 e. The number of amides is 2. The van der Waals surface area contributed by atoms with Crippen LogP contribution in [0.3, 0.4) is 0 Å². The van der Waals surface area contributed by atoms with Gasteiger partial charge in [0.05, 0.1) is 10.6 Å². The Morgan fingerprint density at radius 3 is 2.67 bits per heavy atom. The highest BCUT2D eigenvalue weighted by molar-refractivity contribution is 7.14. The predicted molar refractivity (Wildman–Crippen MR) is 94.4 cm³/mol. The third-order valence-corrected chi connectivity index (χ3v) is 6.11. The summed E-state index contributed by atoms with van der Waals surface area (Å²) in [6.45, 7) is 1.91. The number of rotatable bonds is 3. The van der Waals surface area contributed by atoms with Crippen molar-refractivity contribution in [1.29, 1.82) is 0 Å². The van der Waals surface area contributed by atoms with Gasteiger partial charge in [0.2, 0.25) is 0 Å². The number of hydrazine groups is 1. The van der Waals surface area contributed by atoms with Crippen molar-refractivity contribution >= 4 is 34.7 Å². The van der Waals surface area contributed by atoms with Crippen LogP contribution in [-0.2, 0) is 19.3 Å². The molecule has 8 heteroatoms. The van der Waals surface area contributed by atoms with Gasteiger partial charge in [0.1, 0.15) is 4.88 Å². The summed E-state index contributed by atoms with van der Waals surface area (Å²) in [6.07, 6.45) is 7.60. The van der Waals surface area contributed by atoms with Crippen molar-refractivity contribution in [3.8, 4) is 0 Å². The van der Waals surface area contributed by atoms with E-state index >= 15 is 0 Å². The van der Waals surface area contributed by atoms with Gasteiger partial charge < -0.3 is 0 Å². The van der Waals surface area contributed by atoms with Crippen LogP contribution in [0.5, 0.6) is 0 Å². The summed E-state index contributed by atoms with van der Waals surface area (Å²) in [5.74, 6) is -0.638. The van der Waals surface area contributed by atoms with Crippen LogP contribution in [0.25, 0.3) is 0 Å². The molecule has 0 aromatic carbocycles. The fourth-order valence-electron chi connectivity index (χ4n) is 2.80. The Balaban J connectivity index is 1.63. The maximum atomic E-state index is 12.3. The van der Waals surface area contributed by atoms with Gasteiger partial charge >= 0.3 is 0 Å². The second kappa shape index (κ2) is 7.85. The zero-order valence-corrected chi connectivity index (χ0v) is 15.2. The van der Waals surface area contributed by atoms with Crippen LogP contribution in [0.4, 0.5) is 0 Å². The first-order valence-electron chi connectivity index (χ1n) is 8.22. The highest BCUT2D eigenvalue weighted by Gasteiger charge is 2.18. The Hall–Kier alpha value is -1.80. The highest BCUT2D eigenvalue weighted by Crippen LogP contribution is 2.28. The average molecular weight is 364 g/mol. The number of aryl methyl sites for hydroxylation is 3. The molecule has 2 heterocycles. The van der Waals surface area contributed by atoms with Crippen LogP contribution < -0.4 is 10.9 Å². The summed E-state index contributed by atoms with van der Waals surface area (Å²) in [5, 5.41) is 3.90. The van der Waals surface area contributed by atoms with Gasteiger partial charge in [-0.3, -0.25) is 20.4 Å². The number of thiophene rings is 1. The number of hydrogen-bond acceptors (Lipinski definition) is 6. The maximum Gasteiger partial charge on any atom is 0.283 e. The molecular formula is C16H20N4O2S2. The maximum absolute atomic E-state index is 12.3. The van der Waals surface area contributed by atoms with Crippen LogP contribution >= 0.6 is 22.9 Å². The number of carbonyl (C=O) groups excluding carboxylic acids is 2. The van der Waals surface area contributed by atoms with Crippen molar-refractivity contribution in [2.24, 2.45) is 0 Å². The summed E-state index contributed by atoms with van der Waals surface area (Å²) < 4.78 is 3.78. The van der Waals surface area contributed by atoms with E-state index in [1.807, 2.05) is 13.0 Å². The van der Waals surface area contributed by atoms with Gasteiger partial charge in [-0.2, -0.15) is 0 Å². The number of aromatic nitrogens is 2. The molecule has 0 fully saturated rings. The minimum Gasteiger partial charge on any atom is -0.266 e. The van der Waals surface area contributed by atoms with Crippen molar-refractivity contribution in [1.82, 2.24) is 20.4 Å². The number of nitrogens with one attached hydrogen (secondary N) is 2. The summed E-state index contributed by atoms with van der Waals surface area (Å²) in [5.41, 5.74) is 6.90. The molecule has 3 rings (SSSR count). The topological polar surface area (TPSA) is 84.0 Å². The van der Waals surface area contributed by atoms with Crippen molar-refractivity contribution in [3.63, 3.8) is 0 Å². The first kappa shape index (κ1) is 17.0. The molecule has 2 aromatic rings. The minimum absolute atomic E-state index is 0.268. The lowest BCUT2D eigenvalue weighted by molar-refractivity contribution is 0.0850. The standard InChI is InChI=1S/C16H20N4O2S2/c1-2-11-14(24-20-17-11)16(22)19-18-15(21)13-9-10-7-5-3-4-6-8-12(10)23-13/h9H,2-8H2,1H3,(H,18,21)(H,19,22). The largest absolute Gasteiger partial charge is 0.283 e. The van der Waals surface area contributed by atoms with Crippen molar-refractivity contribution < 1.29 is 9.59 Å². The minimum atomic E-state index is -0.370. The SMILES string of the molecule is CCc1nnsc1C(=O)NNC(=O)c1cc2c(s1)CCCCCC2. The molecule has 128 valence electrons. The first-order valence-corrected chi connectivity index (χ1v) is 9.81. The fraction of sp³-hybridized carbons (Fsp3) is 0.500. The lowest BCUT2D eigenvalue weighted by atomic mass is 10.00. The molecule has 24 heavy (non-hydrogen) atoms. The van der Waals surface area contributed by atoms with E-state index < -0.39 is 0 Å². The van der Waals surface area contributed by atoms with Gasteiger partial charge in [-0.15, -0.1) is 16.4 Å². The monoisotopic (exact) mass is 364 g/mol. The summed E-state index contributed by atoms with van der Waals surface area (Å²) in [4.78, 5) is 26.8. The van der Waals surface area contributed by atoms with E-state index in [1.165, 1.54) is 47.5 Å². The predicted octanol–water partition coefficient (Wildman–Crippen LogP) is 2.90. The van der Waals surface area contributed by atoms with Gasteiger partial charge in [-0.05, 0) is 55.3 Å². The van der Waals surface area contributed by atoms with Crippen molar-refractivity contribution in [2.75, 3.05) is 0 Å². The Morgan fingerprint density at radius 2 is 1.88 bits per heavy atom. The molecule has 0 unspecified atom stereocenters. The van der Waals surface area contributed by atoms with Crippen LogP contribution in [0.1, 0.15) is 68.1 Å². The van der Waals surface area contributed by atoms with E-state index in [9.17, 15) is 9.59 Å². The van der Waals surface area contributed by atoms with Crippen LogP contribution in [0.2, 0.25) is 0 Å². The number of carbonyl (C=O) groups is 2. The molecule has 0 spiro atoms. The summed E-state index contributed by atoms with van der Waals surface area (Å²) >= 11 is 2.57. The first-order chi connectivity index (χ1) is 11.7. The number of nitrogens with zero attached hydrogens (tertiary/aromatic N) is 2. The van der Waals surface area contributed by atoms with Crippen molar-refractivity contribution in [2.45, 2.75) is 51.9 Å². The molecule has 6 nitrogen and oxygen atoms in total.